The Morgan fingerprint density at radius 2 is 1.90 bits per heavy atom. The smallest absolute Gasteiger partial charge is 0.291 e. The van der Waals surface area contributed by atoms with E-state index in [0.29, 0.717) is 24.7 Å². The summed E-state index contributed by atoms with van der Waals surface area (Å²) >= 11 is 0. The minimum atomic E-state index is -0.364. The van der Waals surface area contributed by atoms with Crippen LogP contribution in [-0.4, -0.2) is 50.4 Å². The summed E-state index contributed by atoms with van der Waals surface area (Å²) < 4.78 is 5.12. The molecule has 0 atom stereocenters. The van der Waals surface area contributed by atoms with Crippen molar-refractivity contribution in [1.82, 2.24) is 15.5 Å². The highest BCUT2D eigenvalue weighted by molar-refractivity contribution is 6.02. The van der Waals surface area contributed by atoms with E-state index in [1.165, 1.54) is 6.26 Å². The lowest BCUT2D eigenvalue weighted by Gasteiger charge is -2.31. The third-order valence-corrected chi connectivity index (χ3v) is 5.63. The molecule has 1 aromatic carbocycles. The highest BCUT2D eigenvalue weighted by atomic mass is 16.3. The van der Waals surface area contributed by atoms with Crippen molar-refractivity contribution >= 4 is 23.5 Å². The highest BCUT2D eigenvalue weighted by Crippen LogP contribution is 2.38. The van der Waals surface area contributed by atoms with E-state index >= 15 is 0 Å². The SMILES string of the molecule is CN=C(NCc1cccc(NC(=O)c2ccco2)c1)NCC1(C(=O)N(C)C)CCCC1. The van der Waals surface area contributed by atoms with Crippen LogP contribution in [0.5, 0.6) is 0 Å². The number of rotatable bonds is 7. The summed E-state index contributed by atoms with van der Waals surface area (Å²) in [5, 5.41) is 9.45. The van der Waals surface area contributed by atoms with Crippen molar-refractivity contribution in [2.45, 2.75) is 32.2 Å². The van der Waals surface area contributed by atoms with Gasteiger partial charge in [0.15, 0.2) is 11.7 Å². The zero-order valence-corrected chi connectivity index (χ0v) is 18.4. The normalized spacial score (nSPS) is 15.4. The predicted octanol–water partition coefficient (Wildman–Crippen LogP) is 2.85. The molecule has 166 valence electrons. The van der Waals surface area contributed by atoms with Crippen molar-refractivity contribution in [2.75, 3.05) is 33.0 Å². The van der Waals surface area contributed by atoms with Crippen LogP contribution in [0.25, 0.3) is 0 Å². The summed E-state index contributed by atoms with van der Waals surface area (Å²) in [6, 6.07) is 10.9. The summed E-state index contributed by atoms with van der Waals surface area (Å²) in [5.41, 5.74) is 1.31. The molecule has 31 heavy (non-hydrogen) atoms. The van der Waals surface area contributed by atoms with Gasteiger partial charge in [-0.25, -0.2) is 0 Å². The fourth-order valence-corrected chi connectivity index (χ4v) is 4.01. The first-order chi connectivity index (χ1) is 14.9. The average molecular weight is 426 g/mol. The molecule has 0 bridgehead atoms. The summed E-state index contributed by atoms with van der Waals surface area (Å²) in [5.74, 6) is 0.789. The van der Waals surface area contributed by atoms with Gasteiger partial charge in [-0.3, -0.25) is 14.6 Å². The first-order valence-corrected chi connectivity index (χ1v) is 10.5. The predicted molar refractivity (Wildman–Crippen MR) is 121 cm³/mol. The van der Waals surface area contributed by atoms with E-state index in [2.05, 4.69) is 20.9 Å². The number of carbonyl (C=O) groups is 2. The van der Waals surface area contributed by atoms with E-state index in [1.54, 1.807) is 24.1 Å². The Hall–Kier alpha value is -3.29. The number of anilines is 1. The third-order valence-electron chi connectivity index (χ3n) is 5.63. The molecule has 8 nitrogen and oxygen atoms in total. The Kier molecular flexibility index (Phi) is 7.33. The summed E-state index contributed by atoms with van der Waals surface area (Å²) in [4.78, 5) is 30.9. The molecular formula is C23H31N5O3. The van der Waals surface area contributed by atoms with Crippen LogP contribution in [0.3, 0.4) is 0 Å². The quantitative estimate of drug-likeness (QED) is 0.468. The Morgan fingerprint density at radius 3 is 2.55 bits per heavy atom. The van der Waals surface area contributed by atoms with E-state index in [-0.39, 0.29) is 23.0 Å². The largest absolute Gasteiger partial charge is 0.459 e. The lowest BCUT2D eigenvalue weighted by Crippen LogP contribution is -2.49. The van der Waals surface area contributed by atoms with Gasteiger partial charge in [0.25, 0.3) is 5.91 Å². The molecule has 1 aliphatic carbocycles. The number of benzene rings is 1. The van der Waals surface area contributed by atoms with Crippen molar-refractivity contribution in [3.63, 3.8) is 0 Å². The molecule has 2 aromatic rings. The number of hydrogen-bond acceptors (Lipinski definition) is 4. The van der Waals surface area contributed by atoms with Gasteiger partial charge in [0.1, 0.15) is 0 Å². The van der Waals surface area contributed by atoms with Crippen LogP contribution in [0.4, 0.5) is 5.69 Å². The summed E-state index contributed by atoms with van der Waals surface area (Å²) in [6.07, 6.45) is 5.40. The number of guanidine groups is 1. The third kappa shape index (κ3) is 5.65. The average Bonchev–Trinajstić information content (AvgIpc) is 3.46. The molecule has 1 aromatic heterocycles. The number of amides is 2. The van der Waals surface area contributed by atoms with E-state index in [1.807, 2.05) is 38.4 Å². The van der Waals surface area contributed by atoms with Crippen LogP contribution in [-0.2, 0) is 11.3 Å². The Morgan fingerprint density at radius 1 is 1.13 bits per heavy atom. The van der Waals surface area contributed by atoms with Gasteiger partial charge in [0, 0.05) is 39.9 Å². The van der Waals surface area contributed by atoms with Crippen LogP contribution in [0.2, 0.25) is 0 Å². The van der Waals surface area contributed by atoms with Crippen molar-refractivity contribution in [1.29, 1.82) is 0 Å². The monoisotopic (exact) mass is 425 g/mol. The van der Waals surface area contributed by atoms with E-state index in [4.69, 9.17) is 4.42 Å². The van der Waals surface area contributed by atoms with Gasteiger partial charge >= 0.3 is 0 Å². The summed E-state index contributed by atoms with van der Waals surface area (Å²) in [6.45, 7) is 1.09. The van der Waals surface area contributed by atoms with Crippen molar-refractivity contribution in [3.8, 4) is 0 Å². The van der Waals surface area contributed by atoms with Gasteiger partial charge in [0.2, 0.25) is 5.91 Å². The van der Waals surface area contributed by atoms with Crippen LogP contribution in [0, 0.1) is 5.41 Å². The molecule has 1 fully saturated rings. The minimum Gasteiger partial charge on any atom is -0.459 e. The molecule has 1 heterocycles. The number of furan rings is 1. The molecule has 3 rings (SSSR count). The van der Waals surface area contributed by atoms with Gasteiger partial charge in [-0.15, -0.1) is 0 Å². The Bertz CT molecular complexity index is 915. The summed E-state index contributed by atoms with van der Waals surface area (Å²) in [7, 11) is 5.34. The molecule has 0 saturated heterocycles. The molecule has 2 amide bonds. The minimum absolute atomic E-state index is 0.174. The maximum Gasteiger partial charge on any atom is 0.291 e. The van der Waals surface area contributed by atoms with E-state index in [0.717, 1.165) is 31.2 Å². The number of nitrogens with zero attached hydrogens (tertiary/aromatic N) is 2. The molecule has 0 radical (unpaired) electrons. The standard InChI is InChI=1S/C23H31N5O3/c1-24-22(26-16-23(11-4-5-12-23)21(30)28(2)3)25-15-17-8-6-9-18(14-17)27-20(29)19-10-7-13-31-19/h6-10,13-14H,4-5,11-12,15-16H2,1-3H3,(H,27,29)(H2,24,25,26). The lowest BCUT2D eigenvalue weighted by molar-refractivity contribution is -0.138. The van der Waals surface area contributed by atoms with Crippen LogP contribution >= 0.6 is 0 Å². The fraction of sp³-hybridized carbons (Fsp3) is 0.435. The van der Waals surface area contributed by atoms with E-state index in [9.17, 15) is 9.59 Å². The second-order valence-corrected chi connectivity index (χ2v) is 8.10. The van der Waals surface area contributed by atoms with Gasteiger partial charge in [0.05, 0.1) is 11.7 Å². The Balaban J connectivity index is 1.56. The molecule has 8 heteroatoms. The molecule has 0 spiro atoms. The number of aliphatic imine (C=N–C) groups is 1. The molecule has 0 aliphatic heterocycles. The lowest BCUT2D eigenvalue weighted by atomic mass is 9.84. The first kappa shape index (κ1) is 22.4. The number of carbonyl (C=O) groups excluding carboxylic acids is 2. The number of nitrogens with one attached hydrogen (secondary N) is 3. The van der Waals surface area contributed by atoms with Crippen LogP contribution in [0.15, 0.2) is 52.1 Å². The van der Waals surface area contributed by atoms with E-state index < -0.39 is 0 Å². The molecule has 3 N–H and O–H groups in total. The second kappa shape index (κ2) is 10.1. The van der Waals surface area contributed by atoms with Crippen molar-refractivity contribution in [3.05, 3.63) is 54.0 Å². The number of hydrogen-bond donors (Lipinski definition) is 3. The molecule has 0 unspecified atom stereocenters. The van der Waals surface area contributed by atoms with Gasteiger partial charge < -0.3 is 25.3 Å². The second-order valence-electron chi connectivity index (χ2n) is 8.10. The molecule has 1 saturated carbocycles. The molecule has 1 aliphatic rings. The maximum atomic E-state index is 12.7. The zero-order valence-electron chi connectivity index (χ0n) is 18.4. The first-order valence-electron chi connectivity index (χ1n) is 10.5. The van der Waals surface area contributed by atoms with Crippen molar-refractivity contribution in [2.24, 2.45) is 10.4 Å². The van der Waals surface area contributed by atoms with Crippen LogP contribution in [0.1, 0.15) is 41.8 Å². The topological polar surface area (TPSA) is 99.0 Å². The van der Waals surface area contributed by atoms with Gasteiger partial charge in [-0.05, 0) is 42.7 Å². The zero-order chi connectivity index (χ0) is 22.3. The van der Waals surface area contributed by atoms with Gasteiger partial charge in [-0.1, -0.05) is 25.0 Å². The van der Waals surface area contributed by atoms with Crippen molar-refractivity contribution < 1.29 is 14.0 Å². The Labute approximate surface area is 183 Å². The van der Waals surface area contributed by atoms with Crippen LogP contribution < -0.4 is 16.0 Å². The maximum absolute atomic E-state index is 12.7. The van der Waals surface area contributed by atoms with Gasteiger partial charge in [-0.2, -0.15) is 0 Å². The highest BCUT2D eigenvalue weighted by Gasteiger charge is 2.42. The fourth-order valence-electron chi connectivity index (χ4n) is 4.01. The molecular weight excluding hydrogens is 394 g/mol.